The van der Waals surface area contributed by atoms with Gasteiger partial charge in [0.15, 0.2) is 0 Å². The zero-order chi connectivity index (χ0) is 20.5. The standard InChI is InChI=1S/C27H48S/c1-5-7-9-11-13-14-16-18-24-27(4,23-17-15-12-10-8-6-2)28-26-21-19-25(3)20-22-26/h19-22H,5-18,23-24H2,1-4H3. The minimum Gasteiger partial charge on any atom is -0.120 e. The Morgan fingerprint density at radius 2 is 1.00 bits per heavy atom. The van der Waals surface area contributed by atoms with Gasteiger partial charge in [-0.15, -0.1) is 11.8 Å². The second kappa shape index (κ2) is 16.4. The molecule has 0 saturated heterocycles. The molecule has 1 atom stereocenters. The van der Waals surface area contributed by atoms with E-state index in [0.29, 0.717) is 4.75 Å². The van der Waals surface area contributed by atoms with Gasteiger partial charge in [0.05, 0.1) is 0 Å². The van der Waals surface area contributed by atoms with Gasteiger partial charge in [-0.2, -0.15) is 0 Å². The zero-order valence-corrected chi connectivity index (χ0v) is 20.3. The van der Waals surface area contributed by atoms with E-state index in [9.17, 15) is 0 Å². The lowest BCUT2D eigenvalue weighted by Crippen LogP contribution is -2.20. The van der Waals surface area contributed by atoms with Crippen LogP contribution in [0.25, 0.3) is 0 Å². The summed E-state index contributed by atoms with van der Waals surface area (Å²) >= 11 is 2.14. The zero-order valence-electron chi connectivity index (χ0n) is 19.5. The predicted octanol–water partition coefficient (Wildman–Crippen LogP) is 10.1. The Morgan fingerprint density at radius 3 is 1.43 bits per heavy atom. The van der Waals surface area contributed by atoms with Gasteiger partial charge in [-0.05, 0) is 31.9 Å². The topological polar surface area (TPSA) is 0 Å². The number of hydrogen-bond acceptors (Lipinski definition) is 1. The van der Waals surface area contributed by atoms with Crippen molar-refractivity contribution in [3.05, 3.63) is 29.8 Å². The van der Waals surface area contributed by atoms with E-state index in [1.165, 1.54) is 113 Å². The van der Waals surface area contributed by atoms with E-state index in [0.717, 1.165) is 0 Å². The highest BCUT2D eigenvalue weighted by molar-refractivity contribution is 8.00. The molecule has 0 amide bonds. The van der Waals surface area contributed by atoms with Crippen molar-refractivity contribution >= 4 is 11.8 Å². The molecule has 0 spiro atoms. The molecule has 162 valence electrons. The smallest absolute Gasteiger partial charge is 0.0179 e. The van der Waals surface area contributed by atoms with Gasteiger partial charge < -0.3 is 0 Å². The van der Waals surface area contributed by atoms with E-state index in [1.807, 2.05) is 0 Å². The fourth-order valence-electron chi connectivity index (χ4n) is 4.03. The van der Waals surface area contributed by atoms with E-state index in [-0.39, 0.29) is 0 Å². The molecule has 0 aliphatic rings. The summed E-state index contributed by atoms with van der Waals surface area (Å²) in [6.07, 6.45) is 22.5. The maximum atomic E-state index is 2.53. The van der Waals surface area contributed by atoms with E-state index in [4.69, 9.17) is 0 Å². The molecule has 0 fully saturated rings. The lowest BCUT2D eigenvalue weighted by atomic mass is 9.94. The van der Waals surface area contributed by atoms with Gasteiger partial charge in [-0.3, -0.25) is 0 Å². The highest BCUT2D eigenvalue weighted by Gasteiger charge is 2.24. The molecule has 1 aromatic rings. The third-order valence-electron chi connectivity index (χ3n) is 6.00. The summed E-state index contributed by atoms with van der Waals surface area (Å²) in [5, 5.41) is 0. The molecule has 1 aromatic carbocycles. The monoisotopic (exact) mass is 404 g/mol. The molecule has 0 nitrogen and oxygen atoms in total. The molecule has 0 aliphatic heterocycles. The van der Waals surface area contributed by atoms with Crippen LogP contribution in [0.4, 0.5) is 0 Å². The fourth-order valence-corrected chi connectivity index (χ4v) is 5.36. The molecule has 28 heavy (non-hydrogen) atoms. The molecule has 0 radical (unpaired) electrons. The van der Waals surface area contributed by atoms with Crippen molar-refractivity contribution in [1.29, 1.82) is 0 Å². The van der Waals surface area contributed by atoms with Crippen LogP contribution >= 0.6 is 11.8 Å². The normalized spacial score (nSPS) is 13.6. The lowest BCUT2D eigenvalue weighted by molar-refractivity contribution is 0.465. The Morgan fingerprint density at radius 1 is 0.607 bits per heavy atom. The molecule has 1 heteroatoms. The van der Waals surface area contributed by atoms with Gasteiger partial charge in [-0.25, -0.2) is 0 Å². The number of hydrogen-bond donors (Lipinski definition) is 0. The third kappa shape index (κ3) is 12.9. The summed E-state index contributed by atoms with van der Waals surface area (Å²) < 4.78 is 0.405. The van der Waals surface area contributed by atoms with Crippen molar-refractivity contribution in [3.8, 4) is 0 Å². The van der Waals surface area contributed by atoms with Gasteiger partial charge in [0, 0.05) is 9.64 Å². The number of thioether (sulfide) groups is 1. The fraction of sp³-hybridized carbons (Fsp3) is 0.778. The van der Waals surface area contributed by atoms with Crippen molar-refractivity contribution < 1.29 is 0 Å². The summed E-state index contributed by atoms with van der Waals surface area (Å²) in [5.74, 6) is 0. The highest BCUT2D eigenvalue weighted by Crippen LogP contribution is 2.41. The van der Waals surface area contributed by atoms with Crippen LogP contribution in [-0.2, 0) is 0 Å². The minimum atomic E-state index is 0.405. The maximum absolute atomic E-state index is 2.53. The largest absolute Gasteiger partial charge is 0.120 e. The van der Waals surface area contributed by atoms with Gasteiger partial charge in [-0.1, -0.05) is 128 Å². The van der Waals surface area contributed by atoms with Crippen LogP contribution in [0, 0.1) is 6.92 Å². The number of unbranched alkanes of at least 4 members (excludes halogenated alkanes) is 12. The first-order chi connectivity index (χ1) is 13.6. The summed E-state index contributed by atoms with van der Waals surface area (Å²) in [7, 11) is 0. The Hall–Kier alpha value is -0.430. The predicted molar refractivity (Wildman–Crippen MR) is 131 cm³/mol. The van der Waals surface area contributed by atoms with E-state index in [2.05, 4.69) is 63.7 Å². The molecular formula is C27H48S. The average Bonchev–Trinajstić information content (AvgIpc) is 2.69. The van der Waals surface area contributed by atoms with Crippen LogP contribution < -0.4 is 0 Å². The lowest BCUT2D eigenvalue weighted by Gasteiger charge is -2.29. The molecule has 1 unspecified atom stereocenters. The van der Waals surface area contributed by atoms with Gasteiger partial charge in [0.1, 0.15) is 0 Å². The van der Waals surface area contributed by atoms with Crippen LogP contribution in [0.2, 0.25) is 0 Å². The van der Waals surface area contributed by atoms with Crippen LogP contribution in [0.5, 0.6) is 0 Å². The van der Waals surface area contributed by atoms with E-state index in [1.54, 1.807) is 0 Å². The molecule has 0 N–H and O–H groups in total. The summed E-state index contributed by atoms with van der Waals surface area (Å²) in [5.41, 5.74) is 1.37. The first-order valence-electron chi connectivity index (χ1n) is 12.4. The van der Waals surface area contributed by atoms with Gasteiger partial charge >= 0.3 is 0 Å². The van der Waals surface area contributed by atoms with Crippen molar-refractivity contribution in [2.75, 3.05) is 0 Å². The Labute approximate surface area is 181 Å². The summed E-state index contributed by atoms with van der Waals surface area (Å²) in [6, 6.07) is 9.19. The average molecular weight is 405 g/mol. The molecule has 0 aliphatic carbocycles. The van der Waals surface area contributed by atoms with Crippen molar-refractivity contribution in [3.63, 3.8) is 0 Å². The first-order valence-corrected chi connectivity index (χ1v) is 13.2. The van der Waals surface area contributed by atoms with Gasteiger partial charge in [0.2, 0.25) is 0 Å². The summed E-state index contributed by atoms with van der Waals surface area (Å²) in [6.45, 7) is 9.32. The highest BCUT2D eigenvalue weighted by atomic mass is 32.2. The second-order valence-corrected chi connectivity index (χ2v) is 10.8. The quantitative estimate of drug-likeness (QED) is 0.173. The molecular weight excluding hydrogens is 356 g/mol. The van der Waals surface area contributed by atoms with Gasteiger partial charge in [0.25, 0.3) is 0 Å². The molecule has 0 aromatic heterocycles. The van der Waals surface area contributed by atoms with Crippen LogP contribution in [-0.4, -0.2) is 4.75 Å². The van der Waals surface area contributed by atoms with Crippen molar-refractivity contribution in [1.82, 2.24) is 0 Å². The molecule has 0 heterocycles. The Kier molecular flexibility index (Phi) is 15.0. The molecule has 0 bridgehead atoms. The summed E-state index contributed by atoms with van der Waals surface area (Å²) in [4.78, 5) is 1.46. The van der Waals surface area contributed by atoms with E-state index < -0.39 is 0 Å². The van der Waals surface area contributed by atoms with E-state index >= 15 is 0 Å². The SMILES string of the molecule is CCCCCCCCCCC(C)(CCCCCCCC)Sc1ccc(C)cc1. The number of rotatable bonds is 18. The Bertz CT molecular complexity index is 464. The van der Waals surface area contributed by atoms with Crippen molar-refractivity contribution in [2.24, 2.45) is 0 Å². The van der Waals surface area contributed by atoms with Crippen LogP contribution in [0.15, 0.2) is 29.2 Å². The Balaban J connectivity index is 2.39. The van der Waals surface area contributed by atoms with Crippen molar-refractivity contribution in [2.45, 2.75) is 140 Å². The molecule has 1 rings (SSSR count). The maximum Gasteiger partial charge on any atom is 0.0179 e. The number of benzene rings is 1. The van der Waals surface area contributed by atoms with Crippen LogP contribution in [0.3, 0.4) is 0 Å². The second-order valence-electron chi connectivity index (χ2n) is 9.11. The van der Waals surface area contributed by atoms with Crippen LogP contribution in [0.1, 0.15) is 129 Å². The minimum absolute atomic E-state index is 0.405. The first kappa shape index (κ1) is 25.6. The number of aryl methyl sites for hydroxylation is 1. The molecule has 0 saturated carbocycles. The third-order valence-corrected chi connectivity index (χ3v) is 7.41.